The fraction of sp³-hybridized carbons (Fsp3) is 0.500. The predicted octanol–water partition coefficient (Wildman–Crippen LogP) is 2.79. The molecule has 0 saturated heterocycles. The Morgan fingerprint density at radius 1 is 1.30 bits per heavy atom. The molecule has 1 rings (SSSR count). The summed E-state index contributed by atoms with van der Waals surface area (Å²) in [4.78, 5) is 14.5. The van der Waals surface area contributed by atoms with Crippen LogP contribution in [0.3, 0.4) is 0 Å². The number of ether oxygens (including phenoxy) is 1. The summed E-state index contributed by atoms with van der Waals surface area (Å²) in [5.74, 6) is 0.470. The van der Waals surface area contributed by atoms with Gasteiger partial charge in [0, 0.05) is 18.7 Å². The molecule has 0 aromatic heterocycles. The van der Waals surface area contributed by atoms with Crippen LogP contribution in [-0.4, -0.2) is 48.7 Å². The molecule has 0 bridgehead atoms. The summed E-state index contributed by atoms with van der Waals surface area (Å²) >= 11 is 8.55. The zero-order valence-electron chi connectivity index (χ0n) is 13.8. The fourth-order valence-corrected chi connectivity index (χ4v) is 2.69. The molecule has 0 unspecified atom stereocenters. The van der Waals surface area contributed by atoms with Crippen molar-refractivity contribution in [2.75, 3.05) is 32.8 Å². The van der Waals surface area contributed by atoms with E-state index in [0.717, 1.165) is 24.1 Å². The lowest BCUT2D eigenvalue weighted by atomic mass is 10.2. The van der Waals surface area contributed by atoms with Crippen LogP contribution in [0.25, 0.3) is 0 Å². The highest BCUT2D eigenvalue weighted by Gasteiger charge is 2.10. The zero-order chi connectivity index (χ0) is 17.2. The Hall–Kier alpha value is -1.18. The van der Waals surface area contributed by atoms with Crippen LogP contribution in [-0.2, 0) is 0 Å². The first-order valence-corrected chi connectivity index (χ1v) is 8.95. The second-order valence-electron chi connectivity index (χ2n) is 4.82. The molecule has 1 aromatic carbocycles. The number of likely N-dealkylation sites (N-methyl/N-ethyl adjacent to an activating group) is 1. The molecule has 0 aliphatic rings. The summed E-state index contributed by atoms with van der Waals surface area (Å²) in [7, 11) is 0. The van der Waals surface area contributed by atoms with Gasteiger partial charge < -0.3 is 15.0 Å². The third kappa shape index (κ3) is 6.85. The largest absolute Gasteiger partial charge is 0.493 e. The number of nitrogens with zero attached hydrogens (tertiary/aromatic N) is 1. The zero-order valence-corrected chi connectivity index (χ0v) is 16.2. The highest BCUT2D eigenvalue weighted by molar-refractivity contribution is 9.10. The Bertz CT molecular complexity index is 536. The lowest BCUT2D eigenvalue weighted by Crippen LogP contribution is -2.42. The number of carbonyl (C=O) groups is 1. The average Bonchev–Trinajstić information content (AvgIpc) is 2.53. The van der Waals surface area contributed by atoms with E-state index in [0.29, 0.717) is 29.6 Å². The van der Waals surface area contributed by atoms with Gasteiger partial charge >= 0.3 is 0 Å². The average molecular weight is 402 g/mol. The third-order valence-corrected chi connectivity index (χ3v) is 4.20. The third-order valence-electron chi connectivity index (χ3n) is 3.33. The standard InChI is InChI=1S/C16H24BrN3O2S/c1-4-20(5-2)10-9-18-16(23)19-15(21)12-7-8-14(22-6-3)13(17)11-12/h7-8,11H,4-6,9-10H2,1-3H3,(H2,18,19,21,23). The van der Waals surface area contributed by atoms with Crippen molar-refractivity contribution in [1.29, 1.82) is 0 Å². The molecule has 0 fully saturated rings. The van der Waals surface area contributed by atoms with Crippen molar-refractivity contribution >= 4 is 39.2 Å². The van der Waals surface area contributed by atoms with Gasteiger partial charge in [0.15, 0.2) is 5.11 Å². The molecule has 0 atom stereocenters. The van der Waals surface area contributed by atoms with Crippen molar-refractivity contribution in [1.82, 2.24) is 15.5 Å². The quantitative estimate of drug-likeness (QED) is 0.655. The van der Waals surface area contributed by atoms with E-state index in [1.165, 1.54) is 0 Å². The van der Waals surface area contributed by atoms with Gasteiger partial charge in [-0.3, -0.25) is 10.1 Å². The van der Waals surface area contributed by atoms with Gasteiger partial charge in [-0.2, -0.15) is 0 Å². The van der Waals surface area contributed by atoms with Crippen LogP contribution in [0.1, 0.15) is 31.1 Å². The Morgan fingerprint density at radius 2 is 2.00 bits per heavy atom. The minimum Gasteiger partial charge on any atom is -0.493 e. The van der Waals surface area contributed by atoms with Gasteiger partial charge in [-0.1, -0.05) is 13.8 Å². The van der Waals surface area contributed by atoms with Crippen molar-refractivity contribution < 1.29 is 9.53 Å². The first-order valence-electron chi connectivity index (χ1n) is 7.75. The second-order valence-corrected chi connectivity index (χ2v) is 6.08. The molecule has 0 spiro atoms. The molecule has 128 valence electrons. The summed E-state index contributed by atoms with van der Waals surface area (Å²) in [5.41, 5.74) is 0.522. The lowest BCUT2D eigenvalue weighted by molar-refractivity contribution is 0.0976. The molecule has 23 heavy (non-hydrogen) atoms. The highest BCUT2D eigenvalue weighted by Crippen LogP contribution is 2.25. The molecule has 0 aliphatic carbocycles. The molecule has 2 N–H and O–H groups in total. The van der Waals surface area contributed by atoms with Crippen molar-refractivity contribution in [3.05, 3.63) is 28.2 Å². The molecule has 0 aliphatic heterocycles. The van der Waals surface area contributed by atoms with Gasteiger partial charge in [0.25, 0.3) is 5.91 Å². The number of hydrogen-bond donors (Lipinski definition) is 2. The summed E-state index contributed by atoms with van der Waals surface area (Å²) in [5, 5.41) is 6.08. The molecule has 5 nitrogen and oxygen atoms in total. The van der Waals surface area contributed by atoms with Crippen LogP contribution >= 0.6 is 28.1 Å². The number of halogens is 1. The van der Waals surface area contributed by atoms with Crippen molar-refractivity contribution in [3.8, 4) is 5.75 Å². The fourth-order valence-electron chi connectivity index (χ4n) is 2.00. The Labute approximate surface area is 151 Å². The maximum Gasteiger partial charge on any atom is 0.257 e. The first kappa shape index (κ1) is 19.9. The topological polar surface area (TPSA) is 53.6 Å². The van der Waals surface area contributed by atoms with Gasteiger partial charge in [0.1, 0.15) is 5.75 Å². The predicted molar refractivity (Wildman–Crippen MR) is 101 cm³/mol. The summed E-state index contributed by atoms with van der Waals surface area (Å²) in [6.45, 7) is 10.3. The van der Waals surface area contributed by atoms with E-state index < -0.39 is 0 Å². The van der Waals surface area contributed by atoms with Crippen LogP contribution in [0.5, 0.6) is 5.75 Å². The van der Waals surface area contributed by atoms with Crippen molar-refractivity contribution in [2.45, 2.75) is 20.8 Å². The van der Waals surface area contributed by atoms with Crippen LogP contribution in [0, 0.1) is 0 Å². The maximum atomic E-state index is 12.2. The number of benzene rings is 1. The number of nitrogens with one attached hydrogen (secondary N) is 2. The molecule has 0 heterocycles. The Balaban J connectivity index is 2.49. The van der Waals surface area contributed by atoms with E-state index in [1.807, 2.05) is 6.92 Å². The van der Waals surface area contributed by atoms with Crippen LogP contribution in [0.2, 0.25) is 0 Å². The van der Waals surface area contributed by atoms with Gasteiger partial charge in [-0.15, -0.1) is 0 Å². The molecule has 0 radical (unpaired) electrons. The van der Waals surface area contributed by atoms with E-state index in [9.17, 15) is 4.79 Å². The van der Waals surface area contributed by atoms with Crippen LogP contribution < -0.4 is 15.4 Å². The van der Waals surface area contributed by atoms with E-state index in [2.05, 4.69) is 45.3 Å². The number of rotatable bonds is 8. The first-order chi connectivity index (χ1) is 11.0. The van der Waals surface area contributed by atoms with Gasteiger partial charge in [-0.05, 0) is 66.4 Å². The maximum absolute atomic E-state index is 12.2. The number of hydrogen-bond acceptors (Lipinski definition) is 4. The van der Waals surface area contributed by atoms with E-state index >= 15 is 0 Å². The van der Waals surface area contributed by atoms with Gasteiger partial charge in [0.2, 0.25) is 0 Å². The second kappa shape index (κ2) is 10.6. The van der Waals surface area contributed by atoms with E-state index in [1.54, 1.807) is 18.2 Å². The van der Waals surface area contributed by atoms with Crippen molar-refractivity contribution in [3.63, 3.8) is 0 Å². The number of amides is 1. The van der Waals surface area contributed by atoms with Crippen LogP contribution in [0.4, 0.5) is 0 Å². The molecule has 1 amide bonds. The minimum absolute atomic E-state index is 0.242. The number of carbonyl (C=O) groups excluding carboxylic acids is 1. The van der Waals surface area contributed by atoms with Gasteiger partial charge in [0.05, 0.1) is 11.1 Å². The lowest BCUT2D eigenvalue weighted by Gasteiger charge is -2.18. The van der Waals surface area contributed by atoms with Gasteiger partial charge in [-0.25, -0.2) is 0 Å². The molecule has 1 aromatic rings. The Morgan fingerprint density at radius 3 is 2.57 bits per heavy atom. The van der Waals surface area contributed by atoms with Crippen LogP contribution in [0.15, 0.2) is 22.7 Å². The Kier molecular flexibility index (Phi) is 9.13. The molecular formula is C16H24BrN3O2S. The SMILES string of the molecule is CCOc1ccc(C(=O)NC(=S)NCCN(CC)CC)cc1Br. The smallest absolute Gasteiger partial charge is 0.257 e. The van der Waals surface area contributed by atoms with Crippen molar-refractivity contribution in [2.24, 2.45) is 0 Å². The van der Waals surface area contributed by atoms with E-state index in [-0.39, 0.29) is 5.91 Å². The summed E-state index contributed by atoms with van der Waals surface area (Å²) in [6.07, 6.45) is 0. The molecule has 7 heteroatoms. The summed E-state index contributed by atoms with van der Waals surface area (Å²) < 4.78 is 6.17. The highest BCUT2D eigenvalue weighted by atomic mass is 79.9. The monoisotopic (exact) mass is 401 g/mol. The molecular weight excluding hydrogens is 378 g/mol. The number of thiocarbonyl (C=S) groups is 1. The molecule has 0 saturated carbocycles. The summed E-state index contributed by atoms with van der Waals surface area (Å²) in [6, 6.07) is 5.20. The minimum atomic E-state index is -0.242. The van der Waals surface area contributed by atoms with E-state index in [4.69, 9.17) is 17.0 Å². The normalized spacial score (nSPS) is 10.5.